The molecule has 1 aromatic rings. The molecule has 1 saturated heterocycles. The zero-order valence-corrected chi connectivity index (χ0v) is 8.32. The largest absolute Gasteiger partial charge is 0.399 e. The van der Waals surface area contributed by atoms with Gasteiger partial charge in [-0.05, 0) is 24.1 Å². The number of hydrogen-bond donors (Lipinski definition) is 2. The van der Waals surface area contributed by atoms with Gasteiger partial charge in [-0.1, -0.05) is 12.1 Å². The van der Waals surface area contributed by atoms with E-state index < -0.39 is 0 Å². The zero-order chi connectivity index (χ0) is 9.97. The molecule has 1 aliphatic rings. The first-order chi connectivity index (χ1) is 6.74. The lowest BCUT2D eigenvalue weighted by Crippen LogP contribution is -2.26. The van der Waals surface area contributed by atoms with E-state index in [-0.39, 0.29) is 0 Å². The Kier molecular flexibility index (Phi) is 2.70. The first-order valence-electron chi connectivity index (χ1n) is 5.06. The fraction of sp³-hybridized carbons (Fsp3) is 0.455. The number of likely N-dealkylation sites (tertiary alicyclic amines) is 1. The molecule has 0 aromatic heterocycles. The van der Waals surface area contributed by atoms with Crippen molar-refractivity contribution in [2.75, 3.05) is 18.8 Å². The van der Waals surface area contributed by atoms with Crippen LogP contribution in [0.3, 0.4) is 0 Å². The molecule has 1 aliphatic heterocycles. The van der Waals surface area contributed by atoms with E-state index in [0.29, 0.717) is 6.04 Å². The Labute approximate surface area is 84.7 Å². The Balaban J connectivity index is 1.97. The van der Waals surface area contributed by atoms with Crippen molar-refractivity contribution >= 4 is 5.69 Å². The van der Waals surface area contributed by atoms with Gasteiger partial charge in [0, 0.05) is 31.4 Å². The summed E-state index contributed by atoms with van der Waals surface area (Å²) in [6.07, 6.45) is 1.11. The molecule has 1 fully saturated rings. The minimum absolute atomic E-state index is 0.357. The standard InChI is InChI=1S/C11H17N3/c12-10-3-1-2-9(6-10)7-14-5-4-11(13)8-14/h1-3,6,11H,4-5,7-8,12-13H2. The number of hydrogen-bond acceptors (Lipinski definition) is 3. The van der Waals surface area contributed by atoms with Gasteiger partial charge in [0.25, 0.3) is 0 Å². The van der Waals surface area contributed by atoms with Crippen LogP contribution in [0, 0.1) is 0 Å². The minimum atomic E-state index is 0.357. The molecule has 1 unspecified atom stereocenters. The summed E-state index contributed by atoms with van der Waals surface area (Å²) < 4.78 is 0. The normalized spacial score (nSPS) is 22.8. The molecule has 4 N–H and O–H groups in total. The molecule has 0 aliphatic carbocycles. The number of benzene rings is 1. The van der Waals surface area contributed by atoms with Crippen LogP contribution in [-0.4, -0.2) is 24.0 Å². The van der Waals surface area contributed by atoms with E-state index >= 15 is 0 Å². The lowest BCUT2D eigenvalue weighted by molar-refractivity contribution is 0.327. The van der Waals surface area contributed by atoms with Crippen LogP contribution < -0.4 is 11.5 Å². The van der Waals surface area contributed by atoms with Crippen molar-refractivity contribution in [1.82, 2.24) is 4.90 Å². The molecule has 3 heteroatoms. The van der Waals surface area contributed by atoms with Crippen molar-refractivity contribution < 1.29 is 0 Å². The van der Waals surface area contributed by atoms with Crippen LogP contribution in [0.1, 0.15) is 12.0 Å². The Morgan fingerprint density at radius 1 is 1.43 bits per heavy atom. The Morgan fingerprint density at radius 3 is 2.93 bits per heavy atom. The first-order valence-corrected chi connectivity index (χ1v) is 5.06. The van der Waals surface area contributed by atoms with E-state index in [0.717, 1.165) is 31.7 Å². The number of nitrogens with zero attached hydrogens (tertiary/aromatic N) is 1. The highest BCUT2D eigenvalue weighted by molar-refractivity contribution is 5.40. The number of nitrogen functional groups attached to an aromatic ring is 1. The topological polar surface area (TPSA) is 55.3 Å². The van der Waals surface area contributed by atoms with Gasteiger partial charge < -0.3 is 11.5 Å². The molecule has 1 heterocycles. The molecule has 14 heavy (non-hydrogen) atoms. The van der Waals surface area contributed by atoms with E-state index in [2.05, 4.69) is 11.0 Å². The molecular formula is C11H17N3. The summed E-state index contributed by atoms with van der Waals surface area (Å²) in [6, 6.07) is 8.42. The number of anilines is 1. The molecule has 0 bridgehead atoms. The summed E-state index contributed by atoms with van der Waals surface area (Å²) in [4.78, 5) is 2.37. The van der Waals surface area contributed by atoms with Gasteiger partial charge in [0.15, 0.2) is 0 Å². The molecule has 0 spiro atoms. The van der Waals surface area contributed by atoms with Gasteiger partial charge in [-0.25, -0.2) is 0 Å². The maximum Gasteiger partial charge on any atom is 0.0317 e. The second-order valence-corrected chi connectivity index (χ2v) is 4.03. The molecule has 0 amide bonds. The summed E-state index contributed by atoms with van der Waals surface area (Å²) in [6.45, 7) is 3.09. The highest BCUT2D eigenvalue weighted by Gasteiger charge is 2.18. The van der Waals surface area contributed by atoms with Crippen molar-refractivity contribution in [2.24, 2.45) is 5.73 Å². The summed E-state index contributed by atoms with van der Waals surface area (Å²) in [7, 11) is 0. The maximum absolute atomic E-state index is 5.84. The monoisotopic (exact) mass is 191 g/mol. The average molecular weight is 191 g/mol. The van der Waals surface area contributed by atoms with E-state index in [1.165, 1.54) is 5.56 Å². The fourth-order valence-electron chi connectivity index (χ4n) is 1.96. The SMILES string of the molecule is Nc1cccc(CN2CCC(N)C2)c1. The second kappa shape index (κ2) is 3.98. The van der Waals surface area contributed by atoms with Crippen LogP contribution >= 0.6 is 0 Å². The van der Waals surface area contributed by atoms with E-state index in [4.69, 9.17) is 11.5 Å². The van der Waals surface area contributed by atoms with Gasteiger partial charge in [-0.3, -0.25) is 4.90 Å². The quantitative estimate of drug-likeness (QED) is 0.680. The summed E-state index contributed by atoms with van der Waals surface area (Å²) >= 11 is 0. The molecular weight excluding hydrogens is 174 g/mol. The van der Waals surface area contributed by atoms with Crippen LogP contribution in [0.4, 0.5) is 5.69 Å². The van der Waals surface area contributed by atoms with E-state index in [9.17, 15) is 0 Å². The predicted molar refractivity (Wildman–Crippen MR) is 58.7 cm³/mol. The molecule has 0 saturated carbocycles. The Hall–Kier alpha value is -1.06. The molecule has 0 radical (unpaired) electrons. The van der Waals surface area contributed by atoms with Gasteiger partial charge in [0.2, 0.25) is 0 Å². The van der Waals surface area contributed by atoms with Crippen molar-refractivity contribution in [1.29, 1.82) is 0 Å². The smallest absolute Gasteiger partial charge is 0.0317 e. The van der Waals surface area contributed by atoms with Gasteiger partial charge in [0.05, 0.1) is 0 Å². The van der Waals surface area contributed by atoms with Gasteiger partial charge in [0.1, 0.15) is 0 Å². The predicted octanol–water partition coefficient (Wildman–Crippen LogP) is 0.802. The van der Waals surface area contributed by atoms with Crippen molar-refractivity contribution in [3.05, 3.63) is 29.8 Å². The average Bonchev–Trinajstić information content (AvgIpc) is 2.51. The summed E-state index contributed by atoms with van der Waals surface area (Å²) in [5.74, 6) is 0. The van der Waals surface area contributed by atoms with Crippen molar-refractivity contribution in [2.45, 2.75) is 19.0 Å². The number of nitrogens with two attached hydrogens (primary N) is 2. The van der Waals surface area contributed by atoms with Crippen LogP contribution in [0.5, 0.6) is 0 Å². The third-order valence-corrected chi connectivity index (χ3v) is 2.67. The third-order valence-electron chi connectivity index (χ3n) is 2.67. The molecule has 2 rings (SSSR count). The van der Waals surface area contributed by atoms with E-state index in [1.807, 2.05) is 18.2 Å². The number of rotatable bonds is 2. The second-order valence-electron chi connectivity index (χ2n) is 4.03. The molecule has 1 atom stereocenters. The Morgan fingerprint density at radius 2 is 2.29 bits per heavy atom. The minimum Gasteiger partial charge on any atom is -0.399 e. The van der Waals surface area contributed by atoms with Crippen molar-refractivity contribution in [3.63, 3.8) is 0 Å². The van der Waals surface area contributed by atoms with Crippen LogP contribution in [0.15, 0.2) is 24.3 Å². The van der Waals surface area contributed by atoms with Crippen LogP contribution in [0.2, 0.25) is 0 Å². The Bertz CT molecular complexity index is 311. The van der Waals surface area contributed by atoms with E-state index in [1.54, 1.807) is 0 Å². The highest BCUT2D eigenvalue weighted by Crippen LogP contribution is 2.13. The zero-order valence-electron chi connectivity index (χ0n) is 8.32. The lowest BCUT2D eigenvalue weighted by Gasteiger charge is -2.15. The van der Waals surface area contributed by atoms with Crippen molar-refractivity contribution in [3.8, 4) is 0 Å². The fourth-order valence-corrected chi connectivity index (χ4v) is 1.96. The molecule has 1 aromatic carbocycles. The van der Waals surface area contributed by atoms with Crippen LogP contribution in [-0.2, 0) is 6.54 Å². The molecule has 3 nitrogen and oxygen atoms in total. The maximum atomic E-state index is 5.84. The molecule has 76 valence electrons. The third kappa shape index (κ3) is 2.25. The summed E-state index contributed by atoms with van der Waals surface area (Å²) in [5.41, 5.74) is 13.7. The van der Waals surface area contributed by atoms with Gasteiger partial charge in [-0.15, -0.1) is 0 Å². The van der Waals surface area contributed by atoms with Crippen LogP contribution in [0.25, 0.3) is 0 Å². The summed E-state index contributed by atoms with van der Waals surface area (Å²) in [5, 5.41) is 0. The van der Waals surface area contributed by atoms with Gasteiger partial charge >= 0.3 is 0 Å². The highest BCUT2D eigenvalue weighted by atomic mass is 15.2. The lowest BCUT2D eigenvalue weighted by atomic mass is 10.2. The first kappa shape index (κ1) is 9.49. The van der Waals surface area contributed by atoms with Gasteiger partial charge in [-0.2, -0.15) is 0 Å².